The lowest BCUT2D eigenvalue weighted by molar-refractivity contribution is -0.134. The first-order valence-electron chi connectivity index (χ1n) is 5.77. The van der Waals surface area contributed by atoms with Gasteiger partial charge < -0.3 is 15.5 Å². The highest BCUT2D eigenvalue weighted by Crippen LogP contribution is 2.26. The number of hydrogen-bond donors (Lipinski definition) is 3. The number of benzene rings is 1. The summed E-state index contributed by atoms with van der Waals surface area (Å²) < 4.78 is 0. The third kappa shape index (κ3) is 3.01. The highest BCUT2D eigenvalue weighted by molar-refractivity contribution is 5.93. The van der Waals surface area contributed by atoms with Gasteiger partial charge in [-0.05, 0) is 12.1 Å². The van der Waals surface area contributed by atoms with Crippen molar-refractivity contribution >= 4 is 17.6 Å². The van der Waals surface area contributed by atoms with Gasteiger partial charge in [0.25, 0.3) is 0 Å². The van der Waals surface area contributed by atoms with E-state index in [4.69, 9.17) is 10.2 Å². The molecule has 1 aliphatic carbocycles. The lowest BCUT2D eigenvalue weighted by Crippen LogP contribution is -2.17. The summed E-state index contributed by atoms with van der Waals surface area (Å²) in [6.45, 7) is 0. The molecule has 0 amide bonds. The average Bonchev–Trinajstić information content (AvgIpc) is 2.39. The van der Waals surface area contributed by atoms with Gasteiger partial charge >= 0.3 is 11.9 Å². The predicted molar refractivity (Wildman–Crippen MR) is 69.7 cm³/mol. The Morgan fingerprint density at radius 2 is 1.74 bits per heavy atom. The molecule has 98 valence electrons. The number of carboxylic acids is 2. The second kappa shape index (κ2) is 5.39. The number of anilines is 1. The maximum absolute atomic E-state index is 11.2. The van der Waals surface area contributed by atoms with E-state index in [9.17, 15) is 9.59 Å². The number of rotatable bonds is 4. The maximum atomic E-state index is 11.2. The van der Waals surface area contributed by atoms with Gasteiger partial charge in [0, 0.05) is 29.8 Å². The molecule has 0 aromatic heterocycles. The number of carbonyl (C=O) groups is 2. The minimum Gasteiger partial charge on any atom is -0.478 e. The van der Waals surface area contributed by atoms with Gasteiger partial charge in [0.2, 0.25) is 0 Å². The van der Waals surface area contributed by atoms with Crippen LogP contribution in [0, 0.1) is 0 Å². The van der Waals surface area contributed by atoms with Crippen molar-refractivity contribution in [3.63, 3.8) is 0 Å². The molecule has 0 atom stereocenters. The molecule has 5 nitrogen and oxygen atoms in total. The van der Waals surface area contributed by atoms with Crippen molar-refractivity contribution in [1.82, 2.24) is 0 Å². The molecule has 2 rings (SSSR count). The lowest BCUT2D eigenvalue weighted by Gasteiger charge is -2.18. The monoisotopic (exact) mass is 259 g/mol. The summed E-state index contributed by atoms with van der Waals surface area (Å²) in [7, 11) is 0. The fourth-order valence-electron chi connectivity index (χ4n) is 1.91. The second-order valence-corrected chi connectivity index (χ2v) is 4.17. The van der Waals surface area contributed by atoms with Gasteiger partial charge in [-0.3, -0.25) is 0 Å². The fraction of sp³-hybridized carbons (Fsp3) is 0.143. The molecule has 3 N–H and O–H groups in total. The predicted octanol–water partition coefficient (Wildman–Crippen LogP) is 2.24. The van der Waals surface area contributed by atoms with Crippen LogP contribution in [-0.4, -0.2) is 22.2 Å². The van der Waals surface area contributed by atoms with Crippen LogP contribution in [0.15, 0.2) is 53.3 Å². The van der Waals surface area contributed by atoms with Crippen LogP contribution >= 0.6 is 0 Å². The normalized spacial score (nSPS) is 14.8. The van der Waals surface area contributed by atoms with Crippen molar-refractivity contribution in [3.8, 4) is 0 Å². The molecule has 0 unspecified atom stereocenters. The minimum atomic E-state index is -1.03. The maximum Gasteiger partial charge on any atom is 0.333 e. The molecule has 19 heavy (non-hydrogen) atoms. The Morgan fingerprint density at radius 1 is 1.05 bits per heavy atom. The van der Waals surface area contributed by atoms with Gasteiger partial charge in [0.15, 0.2) is 0 Å². The summed E-state index contributed by atoms with van der Waals surface area (Å²) in [6, 6.07) is 9.08. The van der Waals surface area contributed by atoms with E-state index in [-0.39, 0.29) is 24.0 Å². The van der Waals surface area contributed by atoms with Crippen molar-refractivity contribution in [2.45, 2.75) is 12.8 Å². The number of carboxylic acid groups (broad SMARTS) is 2. The van der Waals surface area contributed by atoms with Gasteiger partial charge in [0.1, 0.15) is 0 Å². The van der Waals surface area contributed by atoms with E-state index < -0.39 is 11.9 Å². The third-order valence-electron chi connectivity index (χ3n) is 2.89. The van der Waals surface area contributed by atoms with E-state index in [1.165, 1.54) is 6.08 Å². The Morgan fingerprint density at radius 3 is 2.32 bits per heavy atom. The Balaban J connectivity index is 2.27. The molecule has 0 radical (unpaired) electrons. The molecule has 0 saturated carbocycles. The van der Waals surface area contributed by atoms with Crippen LogP contribution < -0.4 is 5.32 Å². The Kier molecular flexibility index (Phi) is 3.66. The molecule has 0 bridgehead atoms. The van der Waals surface area contributed by atoms with Gasteiger partial charge in [0.05, 0.1) is 5.57 Å². The van der Waals surface area contributed by atoms with Crippen LogP contribution in [0.4, 0.5) is 5.69 Å². The zero-order valence-electron chi connectivity index (χ0n) is 10.1. The number of hydrogen-bond acceptors (Lipinski definition) is 3. The topological polar surface area (TPSA) is 86.6 Å². The van der Waals surface area contributed by atoms with Crippen molar-refractivity contribution in [2.24, 2.45) is 0 Å². The first-order chi connectivity index (χ1) is 9.08. The second-order valence-electron chi connectivity index (χ2n) is 4.17. The molecule has 0 aliphatic heterocycles. The Labute approximate surface area is 109 Å². The number of allylic oxidation sites excluding steroid dienone is 2. The van der Waals surface area contributed by atoms with Crippen LogP contribution in [0.5, 0.6) is 0 Å². The molecule has 0 heterocycles. The Hall–Kier alpha value is -2.56. The van der Waals surface area contributed by atoms with E-state index in [1.54, 1.807) is 12.1 Å². The molecular weight excluding hydrogens is 246 g/mol. The van der Waals surface area contributed by atoms with Gasteiger partial charge in [-0.2, -0.15) is 0 Å². The Bertz CT molecular complexity index is 572. The summed E-state index contributed by atoms with van der Waals surface area (Å²) in [4.78, 5) is 22.1. The minimum absolute atomic E-state index is 0.0891. The molecule has 1 aromatic rings. The summed E-state index contributed by atoms with van der Waals surface area (Å²) in [6.07, 6.45) is 1.65. The quantitative estimate of drug-likeness (QED) is 0.772. The fourth-order valence-corrected chi connectivity index (χ4v) is 1.91. The van der Waals surface area contributed by atoms with Crippen molar-refractivity contribution in [1.29, 1.82) is 0 Å². The molecular formula is C14H13NO4. The highest BCUT2D eigenvalue weighted by Gasteiger charge is 2.22. The van der Waals surface area contributed by atoms with Crippen molar-refractivity contribution in [2.75, 3.05) is 5.32 Å². The highest BCUT2D eigenvalue weighted by atomic mass is 16.4. The molecule has 1 aliphatic rings. The molecule has 0 spiro atoms. The van der Waals surface area contributed by atoms with Gasteiger partial charge in [-0.25, -0.2) is 9.59 Å². The van der Waals surface area contributed by atoms with Gasteiger partial charge in [-0.1, -0.05) is 24.3 Å². The van der Waals surface area contributed by atoms with Crippen LogP contribution in [-0.2, 0) is 9.59 Å². The largest absolute Gasteiger partial charge is 0.478 e. The standard InChI is InChI=1S/C14H13NO4/c16-13(17)9-6-7-11(14(18)19)12(8-9)15-10-4-2-1-3-5-10/h1-6,15H,7-8H2,(H,16,17)(H,18,19). The summed E-state index contributed by atoms with van der Waals surface area (Å²) in [5.41, 5.74) is 1.58. The number of para-hydroxylation sites is 1. The zero-order chi connectivity index (χ0) is 13.8. The summed E-state index contributed by atoms with van der Waals surface area (Å²) in [5, 5.41) is 21.1. The summed E-state index contributed by atoms with van der Waals surface area (Å²) >= 11 is 0. The number of aliphatic carboxylic acids is 2. The van der Waals surface area contributed by atoms with Crippen LogP contribution in [0.3, 0.4) is 0 Å². The third-order valence-corrected chi connectivity index (χ3v) is 2.89. The smallest absolute Gasteiger partial charge is 0.333 e. The van der Waals surface area contributed by atoms with Crippen molar-refractivity contribution < 1.29 is 19.8 Å². The average molecular weight is 259 g/mol. The van der Waals surface area contributed by atoms with Crippen molar-refractivity contribution in [3.05, 3.63) is 53.3 Å². The first kappa shape index (κ1) is 12.9. The van der Waals surface area contributed by atoms with Crippen LogP contribution in [0.2, 0.25) is 0 Å². The van der Waals surface area contributed by atoms with Crippen LogP contribution in [0.1, 0.15) is 12.8 Å². The van der Waals surface area contributed by atoms with E-state index in [2.05, 4.69) is 5.32 Å². The zero-order valence-corrected chi connectivity index (χ0v) is 10.1. The molecule has 0 fully saturated rings. The first-order valence-corrected chi connectivity index (χ1v) is 5.77. The van der Waals surface area contributed by atoms with Gasteiger partial charge in [-0.15, -0.1) is 0 Å². The molecule has 0 saturated heterocycles. The lowest BCUT2D eigenvalue weighted by atomic mass is 9.96. The molecule has 1 aromatic carbocycles. The van der Waals surface area contributed by atoms with Crippen LogP contribution in [0.25, 0.3) is 0 Å². The molecule has 5 heteroatoms. The van der Waals surface area contributed by atoms with E-state index >= 15 is 0 Å². The van der Waals surface area contributed by atoms with E-state index in [1.807, 2.05) is 18.2 Å². The van der Waals surface area contributed by atoms with E-state index in [0.29, 0.717) is 5.70 Å². The number of nitrogens with one attached hydrogen (secondary N) is 1. The van der Waals surface area contributed by atoms with E-state index in [0.717, 1.165) is 5.69 Å². The summed E-state index contributed by atoms with van der Waals surface area (Å²) in [5.74, 6) is -2.05. The SMILES string of the molecule is O=C(O)C1=CCC(C(=O)O)=C(Nc2ccccc2)C1.